The summed E-state index contributed by atoms with van der Waals surface area (Å²) >= 11 is 0. The number of ether oxygens (including phenoxy) is 2. The van der Waals surface area contributed by atoms with Gasteiger partial charge in [-0.1, -0.05) is 48.5 Å². The second-order valence-electron chi connectivity index (χ2n) is 8.57. The van der Waals surface area contributed by atoms with Crippen molar-refractivity contribution in [3.8, 4) is 5.75 Å². The predicted molar refractivity (Wildman–Crippen MR) is 114 cm³/mol. The zero-order valence-corrected chi connectivity index (χ0v) is 17.8. The van der Waals surface area contributed by atoms with E-state index in [0.29, 0.717) is 18.7 Å². The molecular weight excluding hydrogens is 396 g/mol. The Bertz CT molecular complexity index is 946. The van der Waals surface area contributed by atoms with Crippen molar-refractivity contribution in [3.63, 3.8) is 0 Å². The summed E-state index contributed by atoms with van der Waals surface area (Å²) in [7, 11) is 0. The number of hydrogen-bond acceptors (Lipinski definition) is 5. The molecule has 2 unspecified atom stereocenters. The van der Waals surface area contributed by atoms with E-state index in [2.05, 4.69) is 5.32 Å². The van der Waals surface area contributed by atoms with E-state index in [1.54, 1.807) is 13.8 Å². The molecule has 7 nitrogen and oxygen atoms in total. The number of nitrogens with one attached hydrogen (secondary N) is 1. The molecule has 4 rings (SSSR count). The first-order valence-electron chi connectivity index (χ1n) is 10.6. The average molecular weight is 424 g/mol. The van der Waals surface area contributed by atoms with Crippen LogP contribution in [-0.2, 0) is 16.1 Å². The van der Waals surface area contributed by atoms with Gasteiger partial charge in [0.15, 0.2) is 0 Å². The molecule has 7 heteroatoms. The zero-order chi connectivity index (χ0) is 22.0. The van der Waals surface area contributed by atoms with Crippen LogP contribution in [-0.4, -0.2) is 46.3 Å². The molecule has 2 aromatic carbocycles. The minimum atomic E-state index is -0.939. The fourth-order valence-electron chi connectivity index (χ4n) is 4.21. The number of benzene rings is 2. The van der Waals surface area contributed by atoms with Crippen LogP contribution in [0.25, 0.3) is 0 Å². The largest absolute Gasteiger partial charge is 0.485 e. The van der Waals surface area contributed by atoms with Crippen LogP contribution in [0, 0.1) is 0 Å². The maximum Gasteiger partial charge on any atom is 0.410 e. The van der Waals surface area contributed by atoms with Crippen LogP contribution < -0.4 is 10.1 Å². The fourth-order valence-corrected chi connectivity index (χ4v) is 4.21. The van der Waals surface area contributed by atoms with Crippen LogP contribution >= 0.6 is 0 Å². The lowest BCUT2D eigenvalue weighted by Crippen LogP contribution is -2.56. The maximum absolute atomic E-state index is 13.2. The highest BCUT2D eigenvalue weighted by atomic mass is 16.6. The first kappa shape index (κ1) is 21.2. The Morgan fingerprint density at radius 3 is 2.65 bits per heavy atom. The summed E-state index contributed by atoms with van der Waals surface area (Å²) in [5.74, 6) is 0.333. The molecule has 2 aromatic rings. The molecule has 0 bridgehead atoms. The summed E-state index contributed by atoms with van der Waals surface area (Å²) in [6.45, 7) is 4.19. The van der Waals surface area contributed by atoms with Gasteiger partial charge in [0.2, 0.25) is 5.91 Å². The van der Waals surface area contributed by atoms with E-state index in [9.17, 15) is 14.7 Å². The van der Waals surface area contributed by atoms with E-state index < -0.39 is 29.9 Å². The third-order valence-corrected chi connectivity index (χ3v) is 5.95. The SMILES string of the molecule is CC1(C)Oc2ccccc2C(NC(=O)[C@@H]2CCCN2C(=O)OCc2ccccc2)C1O. The van der Waals surface area contributed by atoms with Crippen LogP contribution in [0.5, 0.6) is 5.75 Å². The second kappa shape index (κ2) is 8.59. The second-order valence-corrected chi connectivity index (χ2v) is 8.57. The monoisotopic (exact) mass is 424 g/mol. The van der Waals surface area contributed by atoms with Crippen molar-refractivity contribution >= 4 is 12.0 Å². The highest BCUT2D eigenvalue weighted by molar-refractivity contribution is 5.86. The first-order chi connectivity index (χ1) is 14.9. The Morgan fingerprint density at radius 1 is 1.16 bits per heavy atom. The van der Waals surface area contributed by atoms with Gasteiger partial charge in [0.05, 0.1) is 6.04 Å². The van der Waals surface area contributed by atoms with E-state index in [0.717, 1.165) is 17.5 Å². The molecular formula is C24H28N2O5. The molecule has 2 aliphatic rings. The van der Waals surface area contributed by atoms with Gasteiger partial charge in [-0.05, 0) is 38.3 Å². The smallest absolute Gasteiger partial charge is 0.410 e. The lowest BCUT2D eigenvalue weighted by molar-refractivity contribution is -0.129. The molecule has 0 radical (unpaired) electrons. The van der Waals surface area contributed by atoms with Gasteiger partial charge in [-0.2, -0.15) is 0 Å². The lowest BCUT2D eigenvalue weighted by atomic mass is 9.86. The molecule has 1 saturated heterocycles. The number of aliphatic hydroxyl groups is 1. The molecule has 0 saturated carbocycles. The number of amides is 2. The van der Waals surface area contributed by atoms with Crippen LogP contribution in [0.3, 0.4) is 0 Å². The van der Waals surface area contributed by atoms with Gasteiger partial charge in [-0.15, -0.1) is 0 Å². The molecule has 2 N–H and O–H groups in total. The summed E-state index contributed by atoms with van der Waals surface area (Å²) in [6.07, 6.45) is -0.172. The summed E-state index contributed by atoms with van der Waals surface area (Å²) in [4.78, 5) is 27.3. The van der Waals surface area contributed by atoms with Gasteiger partial charge in [-0.25, -0.2) is 4.79 Å². The number of likely N-dealkylation sites (tertiary alicyclic amines) is 1. The third kappa shape index (κ3) is 4.37. The Balaban J connectivity index is 1.45. The number of para-hydroxylation sites is 1. The number of hydrogen-bond donors (Lipinski definition) is 2. The van der Waals surface area contributed by atoms with E-state index in [-0.39, 0.29) is 12.5 Å². The van der Waals surface area contributed by atoms with Crippen molar-refractivity contribution in [2.75, 3.05) is 6.54 Å². The van der Waals surface area contributed by atoms with Gasteiger partial charge in [-0.3, -0.25) is 9.69 Å². The van der Waals surface area contributed by atoms with Crippen molar-refractivity contribution in [2.24, 2.45) is 0 Å². The Morgan fingerprint density at radius 2 is 1.87 bits per heavy atom. The Kier molecular flexibility index (Phi) is 5.87. The molecule has 164 valence electrons. The Hall–Kier alpha value is -3.06. The van der Waals surface area contributed by atoms with Crippen molar-refractivity contribution in [3.05, 3.63) is 65.7 Å². The van der Waals surface area contributed by atoms with E-state index in [1.165, 1.54) is 4.90 Å². The van der Waals surface area contributed by atoms with E-state index in [1.807, 2.05) is 54.6 Å². The molecule has 31 heavy (non-hydrogen) atoms. The average Bonchev–Trinajstić information content (AvgIpc) is 3.26. The van der Waals surface area contributed by atoms with Crippen molar-refractivity contribution in [1.29, 1.82) is 0 Å². The summed E-state index contributed by atoms with van der Waals surface area (Å²) in [5.41, 5.74) is 0.745. The summed E-state index contributed by atoms with van der Waals surface area (Å²) in [6, 6.07) is 15.5. The quantitative estimate of drug-likeness (QED) is 0.787. The van der Waals surface area contributed by atoms with E-state index in [4.69, 9.17) is 9.47 Å². The Labute approximate surface area is 182 Å². The number of nitrogens with zero attached hydrogens (tertiary/aromatic N) is 1. The molecule has 0 aliphatic carbocycles. The number of rotatable bonds is 4. The van der Waals surface area contributed by atoms with Gasteiger partial charge in [0.25, 0.3) is 0 Å². The number of aliphatic hydroxyl groups excluding tert-OH is 1. The fraction of sp³-hybridized carbons (Fsp3) is 0.417. The lowest BCUT2D eigenvalue weighted by Gasteiger charge is -2.42. The van der Waals surface area contributed by atoms with Gasteiger partial charge in [0, 0.05) is 12.1 Å². The van der Waals surface area contributed by atoms with Crippen LogP contribution in [0.2, 0.25) is 0 Å². The minimum Gasteiger partial charge on any atom is -0.485 e. The van der Waals surface area contributed by atoms with Crippen molar-refractivity contribution in [1.82, 2.24) is 10.2 Å². The topological polar surface area (TPSA) is 88.1 Å². The maximum atomic E-state index is 13.2. The van der Waals surface area contributed by atoms with Crippen LogP contribution in [0.15, 0.2) is 54.6 Å². The van der Waals surface area contributed by atoms with Gasteiger partial charge in [0.1, 0.15) is 30.1 Å². The normalized spacial score (nSPS) is 24.1. The molecule has 3 atom stereocenters. The van der Waals surface area contributed by atoms with Gasteiger partial charge >= 0.3 is 6.09 Å². The molecule has 1 fully saturated rings. The van der Waals surface area contributed by atoms with E-state index >= 15 is 0 Å². The standard InChI is InChI=1S/C24H28N2O5/c1-24(2)21(27)20(17-11-6-7-13-19(17)31-24)25-22(28)18-12-8-14-26(18)23(29)30-15-16-9-4-3-5-10-16/h3-7,9-11,13,18,20-21,27H,8,12,14-15H2,1-2H3,(H,25,28)/t18-,20?,21?/m0/s1. The van der Waals surface area contributed by atoms with Crippen molar-refractivity contribution in [2.45, 2.75) is 57.1 Å². The van der Waals surface area contributed by atoms with Gasteiger partial charge < -0.3 is 19.9 Å². The summed E-state index contributed by atoms with van der Waals surface area (Å²) < 4.78 is 11.3. The molecule has 2 aliphatic heterocycles. The number of carbonyl (C=O) groups excluding carboxylic acids is 2. The molecule has 2 heterocycles. The van der Waals surface area contributed by atoms with Crippen LogP contribution in [0.4, 0.5) is 4.79 Å². The minimum absolute atomic E-state index is 0.157. The van der Waals surface area contributed by atoms with Crippen LogP contribution in [0.1, 0.15) is 43.9 Å². The third-order valence-electron chi connectivity index (χ3n) is 5.95. The summed E-state index contributed by atoms with van der Waals surface area (Å²) in [5, 5.41) is 13.8. The number of fused-ring (bicyclic) bond motifs is 1. The highest BCUT2D eigenvalue weighted by Crippen LogP contribution is 2.39. The zero-order valence-electron chi connectivity index (χ0n) is 17.8. The number of carbonyl (C=O) groups is 2. The van der Waals surface area contributed by atoms with Crippen molar-refractivity contribution < 1.29 is 24.2 Å². The first-order valence-corrected chi connectivity index (χ1v) is 10.6. The molecule has 0 spiro atoms. The molecule has 2 amide bonds. The highest BCUT2D eigenvalue weighted by Gasteiger charge is 2.45. The molecule has 0 aromatic heterocycles. The predicted octanol–water partition coefficient (Wildman–Crippen LogP) is 3.18.